The number of hydrogen-bond donors (Lipinski definition) is 4. The van der Waals surface area contributed by atoms with Gasteiger partial charge < -0.3 is 30.3 Å². The lowest BCUT2D eigenvalue weighted by Gasteiger charge is -2.19. The van der Waals surface area contributed by atoms with Gasteiger partial charge in [-0.25, -0.2) is 4.99 Å². The van der Waals surface area contributed by atoms with E-state index in [0.29, 0.717) is 31.9 Å². The van der Waals surface area contributed by atoms with Gasteiger partial charge in [-0.2, -0.15) is 0 Å². The summed E-state index contributed by atoms with van der Waals surface area (Å²) in [6.45, 7) is 4.66. The predicted octanol–water partition coefficient (Wildman–Crippen LogP) is 2.89. The Hall–Kier alpha value is -3.05. The molecule has 0 saturated heterocycles. The van der Waals surface area contributed by atoms with E-state index in [1.165, 1.54) is 0 Å². The topological polar surface area (TPSA) is 129 Å². The molecular formula is C24H32N6O3S. The number of aliphatic imine (C=N–C) groups is 1. The molecule has 0 atom stereocenters. The molecule has 2 aromatic heterocycles. The number of nitrogens with one attached hydrogen (secondary N) is 3. The number of aromatic amines is 1. The van der Waals surface area contributed by atoms with Gasteiger partial charge in [-0.05, 0) is 37.1 Å². The number of H-pyrrole nitrogens is 1. The highest BCUT2D eigenvalue weighted by Gasteiger charge is 2.24. The van der Waals surface area contributed by atoms with Crippen LogP contribution < -0.4 is 15.8 Å². The lowest BCUT2D eigenvalue weighted by Crippen LogP contribution is -2.32. The predicted molar refractivity (Wildman–Crippen MR) is 138 cm³/mol. The van der Waals surface area contributed by atoms with Crippen molar-refractivity contribution < 1.29 is 14.3 Å². The van der Waals surface area contributed by atoms with Gasteiger partial charge in [-0.15, -0.1) is 11.3 Å². The quantitative estimate of drug-likeness (QED) is 0.168. The number of nitrogens with zero attached hydrogens (tertiary/aromatic N) is 2. The second-order valence-electron chi connectivity index (χ2n) is 7.91. The van der Waals surface area contributed by atoms with E-state index in [0.717, 1.165) is 62.3 Å². The molecule has 1 aromatic carbocycles. The standard InChI is InChI=1S/C24H32N6O3S/c1-15-9-16-11-20(34-23(16)19(10-15)33-4)21-17(13-32-3)18(29-22(21)24(26)28-14-25)12-30(7-8-31)6-5-27-2/h8-11,14,27,29H,5-7,12-13H2,1-4H3,(H3,25,26,28). The van der Waals surface area contributed by atoms with E-state index in [-0.39, 0.29) is 5.84 Å². The number of likely N-dealkylation sites (N-methyl/N-ethyl adjacent to an activating group) is 1. The van der Waals surface area contributed by atoms with Crippen LogP contribution in [0.1, 0.15) is 22.5 Å². The summed E-state index contributed by atoms with van der Waals surface area (Å²) in [5.41, 5.74) is 10.8. The first-order valence-corrected chi connectivity index (χ1v) is 11.7. The van der Waals surface area contributed by atoms with Crippen LogP contribution >= 0.6 is 11.3 Å². The van der Waals surface area contributed by atoms with Crippen LogP contribution in [-0.2, 0) is 22.7 Å². The first-order chi connectivity index (χ1) is 16.5. The minimum absolute atomic E-state index is 0.214. The number of aromatic nitrogens is 1. The molecule has 0 spiro atoms. The molecule has 2 heterocycles. The number of nitrogens with two attached hydrogens (primary N) is 1. The molecule has 0 saturated carbocycles. The van der Waals surface area contributed by atoms with Gasteiger partial charge in [0.05, 0.1) is 30.7 Å². The number of methoxy groups -OCH3 is 2. The second kappa shape index (κ2) is 11.9. The number of hydrogen-bond acceptors (Lipinski definition) is 7. The van der Waals surface area contributed by atoms with E-state index in [2.05, 4.69) is 27.4 Å². The van der Waals surface area contributed by atoms with Crippen molar-refractivity contribution in [3.8, 4) is 16.2 Å². The lowest BCUT2D eigenvalue weighted by atomic mass is 10.0. The zero-order valence-corrected chi connectivity index (χ0v) is 20.8. The van der Waals surface area contributed by atoms with Gasteiger partial charge in [-0.3, -0.25) is 10.3 Å². The fourth-order valence-corrected chi connectivity index (χ4v) is 5.21. The molecular weight excluding hydrogens is 452 g/mol. The third kappa shape index (κ3) is 5.53. The zero-order chi connectivity index (χ0) is 24.7. The molecule has 0 bridgehead atoms. The number of benzene rings is 1. The molecule has 0 radical (unpaired) electrons. The number of fused-ring (bicyclic) bond motifs is 1. The molecule has 0 aliphatic heterocycles. The third-order valence-corrected chi connectivity index (χ3v) is 6.71. The van der Waals surface area contributed by atoms with E-state index in [1.54, 1.807) is 25.6 Å². The molecule has 0 aliphatic carbocycles. The first-order valence-electron chi connectivity index (χ1n) is 10.9. The van der Waals surface area contributed by atoms with Gasteiger partial charge in [0.25, 0.3) is 0 Å². The van der Waals surface area contributed by atoms with Gasteiger partial charge in [0.15, 0.2) is 0 Å². The number of carbonyl (C=O) groups excluding carboxylic acids is 1. The molecule has 182 valence electrons. The summed E-state index contributed by atoms with van der Waals surface area (Å²) < 4.78 is 12.2. The van der Waals surface area contributed by atoms with Crippen molar-refractivity contribution in [1.29, 1.82) is 5.41 Å². The number of ether oxygens (including phenoxy) is 2. The number of amidine groups is 1. The maximum atomic E-state index is 11.3. The molecule has 3 aromatic rings. The Kier molecular flexibility index (Phi) is 8.94. The van der Waals surface area contributed by atoms with E-state index >= 15 is 0 Å². The fraction of sp³-hybridized carbons (Fsp3) is 0.375. The van der Waals surface area contributed by atoms with Gasteiger partial charge in [0.1, 0.15) is 24.2 Å². The molecule has 10 heteroatoms. The summed E-state index contributed by atoms with van der Waals surface area (Å²) in [5, 5.41) is 11.6. The van der Waals surface area contributed by atoms with Crippen molar-refractivity contribution in [3.05, 3.63) is 40.7 Å². The average Bonchev–Trinajstić information content (AvgIpc) is 3.38. The Balaban J connectivity index is 2.22. The summed E-state index contributed by atoms with van der Waals surface area (Å²) >= 11 is 1.61. The van der Waals surface area contributed by atoms with Gasteiger partial charge in [0.2, 0.25) is 0 Å². The van der Waals surface area contributed by atoms with Crippen LogP contribution in [0.3, 0.4) is 0 Å². The minimum atomic E-state index is 0.214. The summed E-state index contributed by atoms with van der Waals surface area (Å²) in [5.74, 6) is 1.04. The molecule has 0 unspecified atom stereocenters. The van der Waals surface area contributed by atoms with E-state index in [9.17, 15) is 4.79 Å². The Bertz CT molecular complexity index is 1180. The van der Waals surface area contributed by atoms with E-state index in [4.69, 9.17) is 20.6 Å². The number of rotatable bonds is 13. The molecule has 9 nitrogen and oxygen atoms in total. The Morgan fingerprint density at radius 2 is 2.15 bits per heavy atom. The van der Waals surface area contributed by atoms with Crippen molar-refractivity contribution in [3.63, 3.8) is 0 Å². The first kappa shape index (κ1) is 25.6. The Morgan fingerprint density at radius 3 is 2.79 bits per heavy atom. The van der Waals surface area contributed by atoms with Gasteiger partial charge >= 0.3 is 0 Å². The summed E-state index contributed by atoms with van der Waals surface area (Å²) in [6, 6.07) is 6.26. The molecule has 0 amide bonds. The van der Waals surface area contributed by atoms with E-state index < -0.39 is 0 Å². The Labute approximate surface area is 203 Å². The van der Waals surface area contributed by atoms with Crippen LogP contribution in [0.4, 0.5) is 0 Å². The third-order valence-electron chi connectivity index (χ3n) is 5.53. The maximum absolute atomic E-state index is 11.3. The normalized spacial score (nSPS) is 12.0. The number of aryl methyl sites for hydroxylation is 1. The largest absolute Gasteiger partial charge is 0.495 e. The maximum Gasteiger partial charge on any atom is 0.149 e. The molecule has 0 aliphatic rings. The smallest absolute Gasteiger partial charge is 0.149 e. The average molecular weight is 485 g/mol. The van der Waals surface area contributed by atoms with Crippen LogP contribution in [0.15, 0.2) is 23.2 Å². The highest BCUT2D eigenvalue weighted by atomic mass is 32.1. The fourth-order valence-electron chi connectivity index (χ4n) is 4.00. The molecule has 34 heavy (non-hydrogen) atoms. The highest BCUT2D eigenvalue weighted by molar-refractivity contribution is 7.22. The molecule has 0 fully saturated rings. The summed E-state index contributed by atoms with van der Waals surface area (Å²) in [6.07, 6.45) is 1.83. The van der Waals surface area contributed by atoms with Crippen LogP contribution in [0.25, 0.3) is 20.5 Å². The van der Waals surface area contributed by atoms with Crippen molar-refractivity contribution in [2.24, 2.45) is 10.7 Å². The minimum Gasteiger partial charge on any atom is -0.495 e. The molecule has 3 rings (SSSR count). The van der Waals surface area contributed by atoms with Crippen molar-refractivity contribution in [2.75, 3.05) is 40.9 Å². The van der Waals surface area contributed by atoms with Crippen LogP contribution in [0, 0.1) is 12.3 Å². The Morgan fingerprint density at radius 1 is 1.35 bits per heavy atom. The van der Waals surface area contributed by atoms with Crippen molar-refractivity contribution >= 4 is 39.9 Å². The summed E-state index contributed by atoms with van der Waals surface area (Å²) in [4.78, 5) is 21.8. The van der Waals surface area contributed by atoms with Crippen LogP contribution in [0.2, 0.25) is 0 Å². The lowest BCUT2D eigenvalue weighted by molar-refractivity contribution is -0.109. The van der Waals surface area contributed by atoms with E-state index in [1.807, 2.05) is 24.9 Å². The summed E-state index contributed by atoms with van der Waals surface area (Å²) in [7, 11) is 5.20. The van der Waals surface area contributed by atoms with Crippen molar-refractivity contribution in [1.82, 2.24) is 15.2 Å². The zero-order valence-electron chi connectivity index (χ0n) is 20.0. The highest BCUT2D eigenvalue weighted by Crippen LogP contribution is 2.42. The van der Waals surface area contributed by atoms with Gasteiger partial charge in [0, 0.05) is 48.4 Å². The number of aldehydes is 1. The number of thiophene rings is 1. The second-order valence-corrected chi connectivity index (χ2v) is 8.96. The van der Waals surface area contributed by atoms with Crippen LogP contribution in [-0.4, -0.2) is 69.2 Å². The molecule has 5 N–H and O–H groups in total. The monoisotopic (exact) mass is 484 g/mol. The van der Waals surface area contributed by atoms with Gasteiger partial charge in [-0.1, -0.05) is 6.07 Å². The number of carbonyl (C=O) groups is 1. The SMILES string of the molecule is CNCCN(CC=O)Cc1[nH]c(C(N)=NC=N)c(-c2cc3cc(C)cc(OC)c3s2)c1COC. The van der Waals surface area contributed by atoms with Crippen LogP contribution in [0.5, 0.6) is 5.75 Å². The van der Waals surface area contributed by atoms with Crippen molar-refractivity contribution in [2.45, 2.75) is 20.1 Å².